The quantitative estimate of drug-likeness (QED) is 0.757. The Bertz CT molecular complexity index is 657. The van der Waals surface area contributed by atoms with Crippen molar-refractivity contribution in [2.45, 2.75) is 63.5 Å². The van der Waals surface area contributed by atoms with E-state index in [1.54, 1.807) is 7.11 Å². The van der Waals surface area contributed by atoms with Crippen LogP contribution in [0.25, 0.3) is 0 Å². The van der Waals surface area contributed by atoms with E-state index in [4.69, 9.17) is 9.47 Å². The van der Waals surface area contributed by atoms with Gasteiger partial charge in [0.1, 0.15) is 11.3 Å². The van der Waals surface area contributed by atoms with Crippen LogP contribution in [0.1, 0.15) is 51.0 Å². The molecule has 26 heavy (non-hydrogen) atoms. The van der Waals surface area contributed by atoms with Gasteiger partial charge < -0.3 is 14.8 Å². The molecule has 0 aromatic heterocycles. The van der Waals surface area contributed by atoms with Crippen molar-refractivity contribution in [2.75, 3.05) is 7.11 Å². The van der Waals surface area contributed by atoms with Crippen molar-refractivity contribution < 1.29 is 19.1 Å². The average Bonchev–Trinajstić information content (AvgIpc) is 2.67. The van der Waals surface area contributed by atoms with Gasteiger partial charge in [-0.05, 0) is 43.9 Å². The van der Waals surface area contributed by atoms with Crippen LogP contribution >= 0.6 is 0 Å². The number of amides is 1. The number of ether oxygens (including phenoxy) is 2. The number of carbonyl (C=O) groups is 2. The molecule has 1 saturated carbocycles. The molecular weight excluding hydrogens is 332 g/mol. The monoisotopic (exact) mass is 358 g/mol. The van der Waals surface area contributed by atoms with E-state index in [1.165, 1.54) is 6.92 Å². The van der Waals surface area contributed by atoms with E-state index in [2.05, 4.69) is 11.4 Å². The molecule has 0 aliphatic heterocycles. The predicted octanol–water partition coefficient (Wildman–Crippen LogP) is 2.90. The van der Waals surface area contributed by atoms with Crippen molar-refractivity contribution in [1.29, 1.82) is 5.26 Å². The molecule has 0 bridgehead atoms. The zero-order valence-electron chi connectivity index (χ0n) is 15.4. The summed E-state index contributed by atoms with van der Waals surface area (Å²) in [7, 11) is 1.60. The Kier molecular flexibility index (Phi) is 7.02. The van der Waals surface area contributed by atoms with E-state index in [9.17, 15) is 14.9 Å². The van der Waals surface area contributed by atoms with Gasteiger partial charge >= 0.3 is 5.97 Å². The number of benzene rings is 1. The summed E-state index contributed by atoms with van der Waals surface area (Å²) < 4.78 is 10.3. The minimum absolute atomic E-state index is 0.188. The minimum Gasteiger partial charge on any atom is -0.497 e. The Morgan fingerprint density at radius 1 is 1.23 bits per heavy atom. The Hall–Kier alpha value is -2.55. The minimum atomic E-state index is -0.912. The predicted molar refractivity (Wildman–Crippen MR) is 96.4 cm³/mol. The number of hydrogen-bond donors (Lipinski definition) is 1. The Morgan fingerprint density at radius 3 is 2.46 bits per heavy atom. The zero-order chi connectivity index (χ0) is 19.0. The lowest BCUT2D eigenvalue weighted by molar-refractivity contribution is -0.155. The Morgan fingerprint density at radius 2 is 1.88 bits per heavy atom. The number of nitrogens with zero attached hydrogens (tertiary/aromatic N) is 1. The lowest BCUT2D eigenvalue weighted by atomic mass is 9.83. The summed E-state index contributed by atoms with van der Waals surface area (Å²) in [6.07, 6.45) is 4.02. The molecule has 1 fully saturated rings. The van der Waals surface area contributed by atoms with Gasteiger partial charge in [-0.15, -0.1) is 0 Å². The molecule has 1 atom stereocenters. The first kappa shape index (κ1) is 19.8. The highest BCUT2D eigenvalue weighted by molar-refractivity contribution is 5.84. The molecule has 0 heterocycles. The zero-order valence-corrected chi connectivity index (χ0v) is 15.4. The lowest BCUT2D eigenvalue weighted by Gasteiger charge is -2.32. The molecule has 1 aromatic carbocycles. The second-order valence-electron chi connectivity index (χ2n) is 6.72. The number of methoxy groups -OCH3 is 1. The van der Waals surface area contributed by atoms with Crippen LogP contribution in [0.2, 0.25) is 0 Å². The van der Waals surface area contributed by atoms with Crippen molar-refractivity contribution in [3.05, 3.63) is 29.8 Å². The molecule has 6 heteroatoms. The lowest BCUT2D eigenvalue weighted by Crippen LogP contribution is -2.52. The summed E-state index contributed by atoms with van der Waals surface area (Å²) in [6.45, 7) is 1.54. The van der Waals surface area contributed by atoms with Crippen molar-refractivity contribution in [3.63, 3.8) is 0 Å². The van der Waals surface area contributed by atoms with Crippen molar-refractivity contribution in [2.24, 2.45) is 0 Å². The van der Waals surface area contributed by atoms with Gasteiger partial charge in [-0.3, -0.25) is 9.59 Å². The maximum absolute atomic E-state index is 12.3. The van der Waals surface area contributed by atoms with Crippen LogP contribution in [0.4, 0.5) is 0 Å². The first-order chi connectivity index (χ1) is 12.5. The highest BCUT2D eigenvalue weighted by atomic mass is 16.5. The van der Waals surface area contributed by atoms with Crippen LogP contribution in [0.15, 0.2) is 24.3 Å². The van der Waals surface area contributed by atoms with Gasteiger partial charge in [0, 0.05) is 6.42 Å². The summed E-state index contributed by atoms with van der Waals surface area (Å²) >= 11 is 0. The summed E-state index contributed by atoms with van der Waals surface area (Å²) in [6, 6.07) is 9.68. The van der Waals surface area contributed by atoms with Crippen LogP contribution in [0, 0.1) is 11.3 Å². The molecule has 6 nitrogen and oxygen atoms in total. The summed E-state index contributed by atoms with van der Waals surface area (Å²) in [5.41, 5.74) is 0.171. The number of rotatable bonds is 7. The van der Waals surface area contributed by atoms with E-state index in [0.29, 0.717) is 19.3 Å². The van der Waals surface area contributed by atoms with E-state index < -0.39 is 23.5 Å². The first-order valence-corrected chi connectivity index (χ1v) is 9.04. The molecule has 0 saturated heterocycles. The number of aryl methyl sites for hydroxylation is 1. The van der Waals surface area contributed by atoms with Crippen LogP contribution < -0.4 is 10.1 Å². The van der Waals surface area contributed by atoms with Crippen LogP contribution in [-0.4, -0.2) is 30.6 Å². The summed E-state index contributed by atoms with van der Waals surface area (Å²) in [5, 5.41) is 12.2. The van der Waals surface area contributed by atoms with Crippen LogP contribution in [0.3, 0.4) is 0 Å². The number of nitrogens with one attached hydrogen (secondary N) is 1. The summed E-state index contributed by atoms with van der Waals surface area (Å²) in [5.74, 6) is -0.0832. The Labute approximate surface area is 154 Å². The molecule has 1 aliphatic carbocycles. The number of carbonyl (C=O) groups excluding carboxylic acids is 2. The van der Waals surface area contributed by atoms with Crippen LogP contribution in [0.5, 0.6) is 5.75 Å². The van der Waals surface area contributed by atoms with Gasteiger partial charge in [0.15, 0.2) is 6.10 Å². The van der Waals surface area contributed by atoms with Gasteiger partial charge in [-0.1, -0.05) is 31.4 Å². The fourth-order valence-corrected chi connectivity index (χ4v) is 3.11. The number of esters is 1. The first-order valence-electron chi connectivity index (χ1n) is 9.04. The summed E-state index contributed by atoms with van der Waals surface area (Å²) in [4.78, 5) is 24.3. The fourth-order valence-electron chi connectivity index (χ4n) is 3.11. The largest absolute Gasteiger partial charge is 0.497 e. The third-order valence-corrected chi connectivity index (χ3v) is 4.74. The smallest absolute Gasteiger partial charge is 0.306 e. The topological polar surface area (TPSA) is 88.4 Å². The molecule has 1 aliphatic rings. The number of nitriles is 1. The molecule has 0 radical (unpaired) electrons. The second kappa shape index (κ2) is 9.23. The molecule has 0 unspecified atom stereocenters. The molecule has 0 spiro atoms. The second-order valence-corrected chi connectivity index (χ2v) is 6.72. The van der Waals surface area contributed by atoms with Gasteiger partial charge in [-0.25, -0.2) is 0 Å². The Balaban J connectivity index is 1.79. The highest BCUT2D eigenvalue weighted by Gasteiger charge is 2.35. The maximum atomic E-state index is 12.3. The van der Waals surface area contributed by atoms with Crippen molar-refractivity contribution in [1.82, 2.24) is 5.32 Å². The van der Waals surface area contributed by atoms with E-state index in [1.807, 2.05) is 24.3 Å². The SMILES string of the molecule is COc1ccc(CCC(=O)O[C@H](C)C(=O)NC2(C#N)CCCCC2)cc1. The van der Waals surface area contributed by atoms with E-state index >= 15 is 0 Å². The molecule has 1 N–H and O–H groups in total. The third kappa shape index (κ3) is 5.48. The molecule has 1 aromatic rings. The molecule has 1 amide bonds. The molecule has 2 rings (SSSR count). The normalized spacial score (nSPS) is 16.8. The van der Waals surface area contributed by atoms with Gasteiger partial charge in [-0.2, -0.15) is 5.26 Å². The standard InChI is InChI=1S/C20H26N2O4/c1-15(19(24)22-20(14-21)12-4-3-5-13-20)26-18(23)11-8-16-6-9-17(25-2)10-7-16/h6-7,9-10,15H,3-5,8,11-13H2,1-2H3,(H,22,24)/t15-/m1/s1. The highest BCUT2D eigenvalue weighted by Crippen LogP contribution is 2.27. The average molecular weight is 358 g/mol. The molecular formula is C20H26N2O4. The maximum Gasteiger partial charge on any atom is 0.306 e. The number of hydrogen-bond acceptors (Lipinski definition) is 5. The van der Waals surface area contributed by atoms with Crippen molar-refractivity contribution in [3.8, 4) is 11.8 Å². The van der Waals surface area contributed by atoms with E-state index in [0.717, 1.165) is 30.6 Å². The van der Waals surface area contributed by atoms with Crippen molar-refractivity contribution >= 4 is 11.9 Å². The van der Waals surface area contributed by atoms with Gasteiger partial charge in [0.25, 0.3) is 5.91 Å². The fraction of sp³-hybridized carbons (Fsp3) is 0.550. The van der Waals surface area contributed by atoms with Gasteiger partial charge in [0.2, 0.25) is 0 Å². The van der Waals surface area contributed by atoms with Gasteiger partial charge in [0.05, 0.1) is 13.2 Å². The third-order valence-electron chi connectivity index (χ3n) is 4.74. The molecule has 140 valence electrons. The van der Waals surface area contributed by atoms with E-state index in [-0.39, 0.29) is 6.42 Å². The van der Waals surface area contributed by atoms with Crippen LogP contribution in [-0.2, 0) is 20.7 Å².